The second kappa shape index (κ2) is 2.48. The summed E-state index contributed by atoms with van der Waals surface area (Å²) < 4.78 is 0.641. The van der Waals surface area contributed by atoms with Crippen LogP contribution in [0.5, 0.6) is 0 Å². The van der Waals surface area contributed by atoms with Gasteiger partial charge in [0.25, 0.3) is 5.70 Å². The van der Waals surface area contributed by atoms with Gasteiger partial charge in [-0.2, -0.15) is 0 Å². The summed E-state index contributed by atoms with van der Waals surface area (Å²) in [6.45, 7) is 0. The fraction of sp³-hybridized carbons (Fsp3) is 0.125. The molecule has 0 aromatic rings. The van der Waals surface area contributed by atoms with Crippen LogP contribution in [0.25, 0.3) is 0 Å². The molecule has 1 aliphatic carbocycles. The van der Waals surface area contributed by atoms with Crippen molar-refractivity contribution in [3.05, 3.63) is 40.6 Å². The first kappa shape index (κ1) is 7.61. The van der Waals surface area contributed by atoms with Gasteiger partial charge in [-0.3, -0.25) is 4.79 Å². The van der Waals surface area contributed by atoms with Gasteiger partial charge in [0.1, 0.15) is 5.57 Å². The van der Waals surface area contributed by atoms with E-state index in [1.54, 1.807) is 12.2 Å². The molecule has 1 aliphatic heterocycles. The molecule has 0 N–H and O–H groups in total. The van der Waals surface area contributed by atoms with Crippen LogP contribution in [0.3, 0.4) is 0 Å². The first-order valence-electron chi connectivity index (χ1n) is 3.37. The number of carbonyl (C=O) groups excluding carboxylic acids is 1. The quantitative estimate of drug-likeness (QED) is 0.460. The standard InChI is InChI=1S/C8H4BrNO2/c9-6-1-2-7-5(8(6)11)3-4-10(7)12/h1-2,4,6H/q+1. The van der Waals surface area contributed by atoms with E-state index >= 15 is 0 Å². The molecule has 0 fully saturated rings. The Morgan fingerprint density at radius 3 is 3.08 bits per heavy atom. The van der Waals surface area contributed by atoms with Gasteiger partial charge in [0.05, 0.1) is 15.7 Å². The average molecular weight is 226 g/mol. The fourth-order valence-corrected chi connectivity index (χ4v) is 1.51. The van der Waals surface area contributed by atoms with Crippen LogP contribution in [-0.4, -0.2) is 15.4 Å². The highest BCUT2D eigenvalue weighted by atomic mass is 79.9. The number of halogens is 1. The van der Waals surface area contributed by atoms with E-state index in [0.717, 1.165) is 0 Å². The van der Waals surface area contributed by atoms with Gasteiger partial charge < -0.3 is 0 Å². The minimum absolute atomic E-state index is 0.109. The third kappa shape index (κ3) is 0.914. The van der Waals surface area contributed by atoms with Crippen molar-refractivity contribution in [2.75, 3.05) is 0 Å². The zero-order valence-electron chi connectivity index (χ0n) is 5.95. The zero-order chi connectivity index (χ0) is 8.72. The maximum absolute atomic E-state index is 11.3. The van der Waals surface area contributed by atoms with E-state index in [1.165, 1.54) is 6.20 Å². The van der Waals surface area contributed by atoms with Gasteiger partial charge >= 0.3 is 0 Å². The Balaban J connectivity index is 2.52. The lowest BCUT2D eigenvalue weighted by Gasteiger charge is -2.04. The van der Waals surface area contributed by atoms with Crippen LogP contribution in [0.15, 0.2) is 29.6 Å². The number of hydrogen-bond acceptors (Lipinski definition) is 2. The molecule has 3 nitrogen and oxygen atoms in total. The normalized spacial score (nSPS) is 26.9. The molecule has 2 rings (SSSR count). The lowest BCUT2D eigenvalue weighted by Crippen LogP contribution is -2.18. The van der Waals surface area contributed by atoms with E-state index in [9.17, 15) is 9.70 Å². The average Bonchev–Trinajstić information content (AvgIpc) is 2.41. The van der Waals surface area contributed by atoms with Gasteiger partial charge in [0.2, 0.25) is 6.20 Å². The molecule has 0 bridgehead atoms. The maximum Gasteiger partial charge on any atom is 0.274 e. The van der Waals surface area contributed by atoms with Gasteiger partial charge in [0, 0.05) is 11.0 Å². The topological polar surface area (TPSA) is 37.1 Å². The summed E-state index contributed by atoms with van der Waals surface area (Å²) in [5.41, 5.74) is 0.755. The third-order valence-electron chi connectivity index (χ3n) is 1.74. The smallest absolute Gasteiger partial charge is 0.274 e. The van der Waals surface area contributed by atoms with Crippen LogP contribution < -0.4 is 0 Å². The van der Waals surface area contributed by atoms with Crippen LogP contribution in [-0.2, 0) is 4.79 Å². The van der Waals surface area contributed by atoms with Crippen molar-refractivity contribution in [1.82, 2.24) is 0 Å². The Morgan fingerprint density at radius 1 is 1.58 bits per heavy atom. The summed E-state index contributed by atoms with van der Waals surface area (Å²) in [6, 6.07) is 0. The van der Waals surface area contributed by atoms with Crippen LogP contribution in [0.2, 0.25) is 0 Å². The monoisotopic (exact) mass is 225 g/mol. The number of alkyl halides is 1. The van der Waals surface area contributed by atoms with E-state index in [4.69, 9.17) is 0 Å². The SMILES string of the molecule is O=C1C2=C(C=CC1Br)[N+](=O)C=[C]2. The first-order valence-corrected chi connectivity index (χ1v) is 4.29. The number of nitrogens with zero attached hydrogens (tertiary/aromatic N) is 1. The Hall–Kier alpha value is -1.03. The van der Waals surface area contributed by atoms with E-state index < -0.39 is 0 Å². The molecule has 2 aliphatic rings. The van der Waals surface area contributed by atoms with Crippen molar-refractivity contribution >= 4 is 21.7 Å². The molecular formula is C8H4BrNO2+. The number of ketones is 1. The molecular weight excluding hydrogens is 222 g/mol. The lowest BCUT2D eigenvalue weighted by atomic mass is 10.0. The summed E-state index contributed by atoms with van der Waals surface area (Å²) in [7, 11) is 0. The predicted octanol–water partition coefficient (Wildman–Crippen LogP) is 1.25. The molecule has 1 atom stereocenters. The summed E-state index contributed by atoms with van der Waals surface area (Å²) in [6.07, 6.45) is 7.12. The minimum atomic E-state index is -0.316. The summed E-state index contributed by atoms with van der Waals surface area (Å²) in [4.78, 5) is 22.0. The number of carbonyl (C=O) groups is 1. The number of allylic oxidation sites excluding steroid dienone is 4. The van der Waals surface area contributed by atoms with Crippen LogP contribution in [0.1, 0.15) is 0 Å². The van der Waals surface area contributed by atoms with Crippen LogP contribution in [0, 0.1) is 11.0 Å². The van der Waals surface area contributed by atoms with Gasteiger partial charge in [-0.05, 0) is 0 Å². The van der Waals surface area contributed by atoms with Crippen molar-refractivity contribution in [3.63, 3.8) is 0 Å². The molecule has 59 valence electrons. The number of Topliss-reactive ketones (excluding diaryl/α,β-unsaturated/α-hetero) is 1. The molecule has 4 heteroatoms. The van der Waals surface area contributed by atoms with Gasteiger partial charge in [-0.1, -0.05) is 22.0 Å². The summed E-state index contributed by atoms with van der Waals surface area (Å²) >= 11 is 3.17. The largest absolute Gasteiger partial charge is 0.292 e. The molecule has 0 spiro atoms. The highest BCUT2D eigenvalue weighted by Gasteiger charge is 2.34. The Morgan fingerprint density at radius 2 is 2.33 bits per heavy atom. The number of hydrogen-bond donors (Lipinski definition) is 0. The Labute approximate surface area is 77.1 Å². The lowest BCUT2D eigenvalue weighted by molar-refractivity contribution is -0.414. The van der Waals surface area contributed by atoms with Crippen molar-refractivity contribution in [2.24, 2.45) is 0 Å². The Kier molecular flexibility index (Phi) is 1.58. The fourth-order valence-electron chi connectivity index (χ4n) is 1.13. The molecule has 0 saturated carbocycles. The Bertz CT molecular complexity index is 365. The number of rotatable bonds is 0. The second-order valence-corrected chi connectivity index (χ2v) is 3.47. The summed E-state index contributed by atoms with van der Waals surface area (Å²) in [5.74, 6) is -0.109. The van der Waals surface area contributed by atoms with Gasteiger partial charge in [-0.25, -0.2) is 0 Å². The van der Waals surface area contributed by atoms with Gasteiger partial charge in [0.15, 0.2) is 5.78 Å². The molecule has 1 unspecified atom stereocenters. The van der Waals surface area contributed by atoms with Crippen molar-refractivity contribution in [2.45, 2.75) is 4.83 Å². The molecule has 12 heavy (non-hydrogen) atoms. The number of nitroso groups, excluding NO2 is 1. The second-order valence-electron chi connectivity index (χ2n) is 2.48. The van der Waals surface area contributed by atoms with Gasteiger partial charge in [-0.15, -0.1) is 0 Å². The molecule has 0 amide bonds. The van der Waals surface area contributed by atoms with E-state index in [-0.39, 0.29) is 10.6 Å². The third-order valence-corrected chi connectivity index (χ3v) is 2.46. The van der Waals surface area contributed by atoms with Crippen molar-refractivity contribution < 1.29 is 9.55 Å². The molecule has 0 saturated heterocycles. The molecule has 1 heterocycles. The first-order chi connectivity index (χ1) is 5.70. The van der Waals surface area contributed by atoms with E-state index in [1.807, 2.05) is 0 Å². The van der Waals surface area contributed by atoms with Crippen LogP contribution >= 0.6 is 15.9 Å². The maximum atomic E-state index is 11.3. The molecule has 1 radical (unpaired) electrons. The minimum Gasteiger partial charge on any atom is -0.292 e. The zero-order valence-corrected chi connectivity index (χ0v) is 7.54. The highest BCUT2D eigenvalue weighted by Crippen LogP contribution is 2.25. The summed E-state index contributed by atoms with van der Waals surface area (Å²) in [5, 5.41) is 0. The molecule has 0 aromatic carbocycles. The predicted molar refractivity (Wildman–Crippen MR) is 45.3 cm³/mol. The van der Waals surface area contributed by atoms with E-state index in [0.29, 0.717) is 16.0 Å². The molecule has 0 aromatic heterocycles. The van der Waals surface area contributed by atoms with Crippen molar-refractivity contribution in [1.29, 1.82) is 0 Å². The van der Waals surface area contributed by atoms with Crippen LogP contribution in [0.4, 0.5) is 0 Å². The van der Waals surface area contributed by atoms with E-state index in [2.05, 4.69) is 22.0 Å². The highest BCUT2D eigenvalue weighted by molar-refractivity contribution is 9.10. The van der Waals surface area contributed by atoms with Crippen molar-refractivity contribution in [3.8, 4) is 0 Å².